The van der Waals surface area contributed by atoms with Gasteiger partial charge in [-0.05, 0) is 36.4 Å². The summed E-state index contributed by atoms with van der Waals surface area (Å²) < 4.78 is 26.5. The zero-order chi connectivity index (χ0) is 24.9. The van der Waals surface area contributed by atoms with Crippen LogP contribution >= 0.6 is 12.1 Å². The van der Waals surface area contributed by atoms with Gasteiger partial charge in [0, 0.05) is 68.1 Å². The fourth-order valence-electron chi connectivity index (χ4n) is 3.69. The number of halogens is 1. The van der Waals surface area contributed by atoms with Gasteiger partial charge in [-0.1, -0.05) is 12.1 Å². The molecule has 1 amide bonds. The molecule has 0 aliphatic rings. The monoisotopic (exact) mass is 496 g/mol. The van der Waals surface area contributed by atoms with Crippen molar-refractivity contribution in [3.05, 3.63) is 87.3 Å². The lowest BCUT2D eigenvalue weighted by Gasteiger charge is -2.16. The number of hydrogen-bond donors (Lipinski definition) is 4. The van der Waals surface area contributed by atoms with Crippen molar-refractivity contribution in [2.24, 2.45) is 0 Å². The van der Waals surface area contributed by atoms with Crippen LogP contribution in [0.2, 0.25) is 0 Å². The Labute approximate surface area is 205 Å². The maximum atomic E-state index is 15.2. The zero-order valence-electron chi connectivity index (χ0n) is 19.4. The van der Waals surface area contributed by atoms with E-state index < -0.39 is 11.4 Å². The molecule has 2 heterocycles. The number of carbonyl (C=O) groups excluding carboxylic acids is 1. The van der Waals surface area contributed by atoms with Crippen LogP contribution in [-0.4, -0.2) is 37.2 Å². The number of nitrogens with one attached hydrogen (secondary N) is 4. The van der Waals surface area contributed by atoms with E-state index in [0.717, 1.165) is 17.8 Å². The molecule has 4 aromatic rings. The van der Waals surface area contributed by atoms with E-state index in [1.807, 2.05) is 31.1 Å². The average molecular weight is 497 g/mol. The molecule has 4 N–H and O–H groups in total. The number of anilines is 2. The van der Waals surface area contributed by atoms with Crippen molar-refractivity contribution < 1.29 is 13.6 Å². The van der Waals surface area contributed by atoms with E-state index in [1.165, 1.54) is 12.4 Å². The third-order valence-electron chi connectivity index (χ3n) is 5.52. The molecule has 2 aromatic heterocycles. The number of benzene rings is 2. The second kappa shape index (κ2) is 10.6. The molecule has 0 aliphatic carbocycles. The van der Waals surface area contributed by atoms with E-state index >= 15 is 4.39 Å². The predicted molar refractivity (Wildman–Crippen MR) is 136 cm³/mol. The highest BCUT2D eigenvalue weighted by Gasteiger charge is 2.19. The van der Waals surface area contributed by atoms with Gasteiger partial charge in [-0.15, -0.1) is 0 Å². The first kappa shape index (κ1) is 24.3. The number of hydrogen-bond acceptors (Lipinski definition) is 8. The van der Waals surface area contributed by atoms with Crippen LogP contribution in [0.1, 0.15) is 27.0 Å². The van der Waals surface area contributed by atoms with Gasteiger partial charge in [-0.2, -0.15) is 5.10 Å². The minimum Gasteiger partial charge on any atom is -0.422 e. The number of H-pyrrole nitrogens is 1. The van der Waals surface area contributed by atoms with Crippen molar-refractivity contribution in [3.8, 4) is 0 Å². The molecule has 11 heteroatoms. The van der Waals surface area contributed by atoms with Crippen LogP contribution in [0.15, 0.2) is 58.0 Å². The van der Waals surface area contributed by atoms with Crippen LogP contribution < -0.4 is 25.3 Å². The van der Waals surface area contributed by atoms with Gasteiger partial charge >= 0.3 is 5.63 Å². The van der Waals surface area contributed by atoms with Gasteiger partial charge in [0.25, 0.3) is 5.91 Å². The van der Waals surface area contributed by atoms with Crippen molar-refractivity contribution in [3.63, 3.8) is 0 Å². The molecule has 0 atom stereocenters. The van der Waals surface area contributed by atoms with Gasteiger partial charge in [-0.25, -0.2) is 13.9 Å². The molecule has 0 aliphatic heterocycles. The Morgan fingerprint density at radius 1 is 1.23 bits per heavy atom. The summed E-state index contributed by atoms with van der Waals surface area (Å²) in [4.78, 5) is 27.6. The number of carbonyl (C=O) groups is 1. The molecule has 35 heavy (non-hydrogen) atoms. The molecule has 0 radical (unpaired) electrons. The van der Waals surface area contributed by atoms with Crippen molar-refractivity contribution >= 4 is 40.4 Å². The third kappa shape index (κ3) is 5.31. The summed E-state index contributed by atoms with van der Waals surface area (Å²) in [7, 11) is 5.48. The molecule has 0 unspecified atom stereocenters. The van der Waals surface area contributed by atoms with E-state index in [9.17, 15) is 9.59 Å². The summed E-state index contributed by atoms with van der Waals surface area (Å²) in [6.07, 6.45) is 2.89. The number of fused-ring (bicyclic) bond motifs is 1. The fraction of sp³-hybridized carbons (Fsp3) is 0.208. The average Bonchev–Trinajstić information content (AvgIpc) is 3.39. The molecule has 2 aromatic carbocycles. The van der Waals surface area contributed by atoms with Gasteiger partial charge in [0.1, 0.15) is 5.58 Å². The minimum absolute atomic E-state index is 0.00378. The quantitative estimate of drug-likeness (QED) is 0.206. The first-order valence-electron chi connectivity index (χ1n) is 10.8. The second-order valence-electron chi connectivity index (χ2n) is 7.95. The summed E-state index contributed by atoms with van der Waals surface area (Å²) in [6.45, 7) is 0.0535. The Morgan fingerprint density at radius 2 is 2.06 bits per heavy atom. The largest absolute Gasteiger partial charge is 0.422 e. The number of amides is 1. The highest BCUT2D eigenvalue weighted by atomic mass is 32.2. The lowest BCUT2D eigenvalue weighted by molar-refractivity contribution is 0.0951. The zero-order valence-corrected chi connectivity index (χ0v) is 20.3. The number of nitrogens with zero attached hydrogens (tertiary/aromatic N) is 2. The van der Waals surface area contributed by atoms with E-state index in [4.69, 9.17) is 4.42 Å². The highest BCUT2D eigenvalue weighted by Crippen LogP contribution is 2.28. The smallest absolute Gasteiger partial charge is 0.340 e. The Bertz CT molecular complexity index is 1400. The van der Waals surface area contributed by atoms with Gasteiger partial charge in [0.05, 0.1) is 17.4 Å². The van der Waals surface area contributed by atoms with Crippen LogP contribution in [0.3, 0.4) is 0 Å². The Kier molecular flexibility index (Phi) is 7.37. The standard InChI is InChI=1S/C24H25FN6O3S/c1-26-35-30-20-6-4-5-14(22(20)25)9-18-19(13-27-23(32)15-11-28-29-12-15)17-8-7-16(31(2)3)10-21(17)34-24(18)33/h4-8,10-12,26,30H,9,13H2,1-3H3,(H,27,32)(H,28,29). The van der Waals surface area contributed by atoms with Crippen molar-refractivity contribution in [2.75, 3.05) is 30.8 Å². The molecule has 0 saturated carbocycles. The molecule has 0 spiro atoms. The third-order valence-corrected chi connectivity index (χ3v) is 6.04. The minimum atomic E-state index is -0.580. The van der Waals surface area contributed by atoms with E-state index in [0.29, 0.717) is 27.7 Å². The summed E-state index contributed by atoms with van der Waals surface area (Å²) in [6, 6.07) is 10.4. The second-order valence-corrected chi connectivity index (χ2v) is 8.77. The molecule has 9 nitrogen and oxygen atoms in total. The van der Waals surface area contributed by atoms with Gasteiger partial charge in [0.15, 0.2) is 5.82 Å². The predicted octanol–water partition coefficient (Wildman–Crippen LogP) is 3.44. The normalized spacial score (nSPS) is 11.0. The summed E-state index contributed by atoms with van der Waals surface area (Å²) in [5.74, 6) is -0.816. The highest BCUT2D eigenvalue weighted by molar-refractivity contribution is 7.98. The molecule has 0 bridgehead atoms. The first-order valence-corrected chi connectivity index (χ1v) is 11.6. The SMILES string of the molecule is CNSNc1cccc(Cc2c(CNC(=O)c3cn[nH]c3)c3ccc(N(C)C)cc3oc2=O)c1F. The lowest BCUT2D eigenvalue weighted by Crippen LogP contribution is -2.25. The fourth-order valence-corrected chi connectivity index (χ4v) is 4.06. The maximum Gasteiger partial charge on any atom is 0.340 e. The number of rotatable bonds is 9. The Hall–Kier alpha value is -3.83. The molecular formula is C24H25FN6O3S. The molecule has 4 rings (SSSR count). The van der Waals surface area contributed by atoms with Gasteiger partial charge in [0.2, 0.25) is 0 Å². The van der Waals surface area contributed by atoms with Crippen LogP contribution in [0, 0.1) is 5.82 Å². The van der Waals surface area contributed by atoms with Crippen molar-refractivity contribution in [1.29, 1.82) is 0 Å². The van der Waals surface area contributed by atoms with E-state index in [-0.39, 0.29) is 30.1 Å². The van der Waals surface area contributed by atoms with Crippen LogP contribution in [-0.2, 0) is 13.0 Å². The van der Waals surface area contributed by atoms with Crippen molar-refractivity contribution in [1.82, 2.24) is 20.2 Å². The molecular weight excluding hydrogens is 471 g/mol. The summed E-state index contributed by atoms with van der Waals surface area (Å²) in [5, 5.41) is 9.89. The lowest BCUT2D eigenvalue weighted by atomic mass is 9.97. The molecule has 182 valence electrons. The Morgan fingerprint density at radius 3 is 2.77 bits per heavy atom. The number of aromatic nitrogens is 2. The topological polar surface area (TPSA) is 115 Å². The van der Waals surface area contributed by atoms with Crippen LogP contribution in [0.25, 0.3) is 11.0 Å². The summed E-state index contributed by atoms with van der Waals surface area (Å²) in [5.41, 5.74) is 2.49. The van der Waals surface area contributed by atoms with Gasteiger partial charge < -0.3 is 19.4 Å². The summed E-state index contributed by atoms with van der Waals surface area (Å²) >= 11 is 1.13. The maximum absolute atomic E-state index is 15.2. The van der Waals surface area contributed by atoms with Crippen molar-refractivity contribution in [2.45, 2.75) is 13.0 Å². The van der Waals surface area contributed by atoms with E-state index in [2.05, 4.69) is 25.0 Å². The van der Waals surface area contributed by atoms with Crippen LogP contribution in [0.4, 0.5) is 15.8 Å². The van der Waals surface area contributed by atoms with E-state index in [1.54, 1.807) is 31.3 Å². The van der Waals surface area contributed by atoms with Crippen LogP contribution in [0.5, 0.6) is 0 Å². The number of aromatic amines is 1. The Balaban J connectivity index is 1.77. The first-order chi connectivity index (χ1) is 16.9. The van der Waals surface area contributed by atoms with Gasteiger partial charge in [-0.3, -0.25) is 9.89 Å². The molecule has 0 saturated heterocycles. The molecule has 0 fully saturated rings.